The molecule has 142 valence electrons. The second kappa shape index (κ2) is 7.14. The highest BCUT2D eigenvalue weighted by Gasteiger charge is 2.18. The summed E-state index contributed by atoms with van der Waals surface area (Å²) in [7, 11) is 1.94. The normalized spacial score (nSPS) is 11.2. The number of rotatable bonds is 4. The van der Waals surface area contributed by atoms with E-state index < -0.39 is 0 Å². The largest absolute Gasteiger partial charge is 0.469 e. The Bertz CT molecular complexity index is 1310. The van der Waals surface area contributed by atoms with Gasteiger partial charge in [-0.2, -0.15) is 0 Å². The van der Waals surface area contributed by atoms with Gasteiger partial charge in [-0.15, -0.1) is 10.2 Å². The molecule has 5 aromatic rings. The van der Waals surface area contributed by atoms with Gasteiger partial charge in [-0.1, -0.05) is 18.2 Å². The number of hydrogen-bond acceptors (Lipinski definition) is 7. The van der Waals surface area contributed by atoms with Gasteiger partial charge in [0.15, 0.2) is 16.8 Å². The third-order valence-corrected chi connectivity index (χ3v) is 5.65. The minimum atomic E-state index is 0.632. The summed E-state index contributed by atoms with van der Waals surface area (Å²) in [6.45, 7) is 1.91. The van der Waals surface area contributed by atoms with Crippen LogP contribution in [0.2, 0.25) is 0 Å². The molecule has 0 unspecified atom stereocenters. The van der Waals surface area contributed by atoms with Crippen LogP contribution in [0.15, 0.2) is 75.7 Å². The summed E-state index contributed by atoms with van der Waals surface area (Å²) in [6.07, 6.45) is 5.16. The van der Waals surface area contributed by atoms with Crippen LogP contribution >= 0.6 is 11.8 Å². The van der Waals surface area contributed by atoms with E-state index in [-0.39, 0.29) is 0 Å². The Balaban J connectivity index is 1.61. The van der Waals surface area contributed by atoms with E-state index >= 15 is 0 Å². The van der Waals surface area contributed by atoms with Gasteiger partial charge in [0.25, 0.3) is 0 Å². The van der Waals surface area contributed by atoms with E-state index in [0.29, 0.717) is 5.82 Å². The smallest absolute Gasteiger partial charge is 0.197 e. The molecule has 7 nitrogen and oxygen atoms in total. The number of furan rings is 1. The van der Waals surface area contributed by atoms with Gasteiger partial charge in [0.2, 0.25) is 0 Å². The zero-order valence-corrected chi connectivity index (χ0v) is 16.6. The van der Waals surface area contributed by atoms with Crippen LogP contribution in [0.3, 0.4) is 0 Å². The van der Waals surface area contributed by atoms with E-state index in [9.17, 15) is 0 Å². The van der Waals surface area contributed by atoms with E-state index in [1.807, 2.05) is 61.0 Å². The second-order valence-corrected chi connectivity index (χ2v) is 7.42. The van der Waals surface area contributed by atoms with Gasteiger partial charge in [0, 0.05) is 30.4 Å². The summed E-state index contributed by atoms with van der Waals surface area (Å²) in [5, 5.41) is 11.3. The second-order valence-electron chi connectivity index (χ2n) is 6.47. The summed E-state index contributed by atoms with van der Waals surface area (Å²) < 4.78 is 7.36. The van der Waals surface area contributed by atoms with Crippen LogP contribution in [0.5, 0.6) is 0 Å². The maximum atomic E-state index is 5.41. The van der Waals surface area contributed by atoms with Crippen LogP contribution < -0.4 is 0 Å². The first kappa shape index (κ1) is 17.6. The minimum absolute atomic E-state index is 0.632. The van der Waals surface area contributed by atoms with Crippen molar-refractivity contribution in [2.24, 2.45) is 7.05 Å². The van der Waals surface area contributed by atoms with Crippen molar-refractivity contribution >= 4 is 22.7 Å². The average molecular weight is 400 g/mol. The summed E-state index contributed by atoms with van der Waals surface area (Å²) in [5.41, 5.74) is 2.67. The fraction of sp³-hybridized carbons (Fsp3) is 0.0952. The van der Waals surface area contributed by atoms with Gasteiger partial charge in [0.05, 0.1) is 17.3 Å². The van der Waals surface area contributed by atoms with Crippen molar-refractivity contribution in [3.8, 4) is 22.8 Å². The first-order valence-corrected chi connectivity index (χ1v) is 9.81. The molecular weight excluding hydrogens is 384 g/mol. The number of nitrogens with zero attached hydrogens (tertiary/aromatic N) is 6. The minimum Gasteiger partial charge on any atom is -0.469 e. The SMILES string of the molecule is Cc1occc1-c1nnc(Sc2nc(-c3cccnc3)nc3ccccc23)n1C. The van der Waals surface area contributed by atoms with Crippen LogP contribution in [0.1, 0.15) is 5.76 Å². The lowest BCUT2D eigenvalue weighted by Gasteiger charge is -2.08. The number of fused-ring (bicyclic) bond motifs is 1. The highest BCUT2D eigenvalue weighted by Crippen LogP contribution is 2.34. The molecule has 8 heteroatoms. The number of para-hydroxylation sites is 1. The quantitative estimate of drug-likeness (QED) is 0.410. The molecule has 4 heterocycles. The van der Waals surface area contributed by atoms with Crippen molar-refractivity contribution in [1.82, 2.24) is 29.7 Å². The van der Waals surface area contributed by atoms with E-state index in [1.165, 1.54) is 11.8 Å². The number of benzene rings is 1. The van der Waals surface area contributed by atoms with Crippen LogP contribution in [0, 0.1) is 6.92 Å². The first-order valence-electron chi connectivity index (χ1n) is 8.99. The number of aryl methyl sites for hydroxylation is 1. The molecule has 29 heavy (non-hydrogen) atoms. The Morgan fingerprint density at radius 1 is 1.00 bits per heavy atom. The van der Waals surface area contributed by atoms with Crippen molar-refractivity contribution in [2.45, 2.75) is 17.1 Å². The highest BCUT2D eigenvalue weighted by atomic mass is 32.2. The molecular formula is C21H16N6OS. The molecule has 0 radical (unpaired) electrons. The van der Waals surface area contributed by atoms with Crippen LogP contribution in [0.4, 0.5) is 0 Å². The first-order chi connectivity index (χ1) is 14.2. The molecule has 0 aliphatic carbocycles. The van der Waals surface area contributed by atoms with Gasteiger partial charge >= 0.3 is 0 Å². The van der Waals surface area contributed by atoms with Gasteiger partial charge in [-0.25, -0.2) is 9.97 Å². The Morgan fingerprint density at radius 2 is 1.90 bits per heavy atom. The molecule has 0 bridgehead atoms. The molecule has 0 saturated heterocycles. The van der Waals surface area contributed by atoms with E-state index in [0.717, 1.165) is 43.8 Å². The fourth-order valence-corrected chi connectivity index (χ4v) is 3.98. The van der Waals surface area contributed by atoms with E-state index in [2.05, 4.69) is 15.2 Å². The summed E-state index contributed by atoms with van der Waals surface area (Å²) in [4.78, 5) is 13.7. The topological polar surface area (TPSA) is 82.5 Å². The van der Waals surface area contributed by atoms with Crippen LogP contribution in [0.25, 0.3) is 33.7 Å². The monoisotopic (exact) mass is 400 g/mol. The van der Waals surface area contributed by atoms with Gasteiger partial charge in [0.1, 0.15) is 10.8 Å². The van der Waals surface area contributed by atoms with Gasteiger partial charge in [-0.3, -0.25) is 4.98 Å². The summed E-state index contributed by atoms with van der Waals surface area (Å²) in [6, 6.07) is 13.7. The predicted molar refractivity (Wildman–Crippen MR) is 110 cm³/mol. The molecule has 4 aromatic heterocycles. The molecule has 0 aliphatic heterocycles. The lowest BCUT2D eigenvalue weighted by atomic mass is 10.2. The van der Waals surface area contributed by atoms with Gasteiger partial charge < -0.3 is 8.98 Å². The number of pyridine rings is 1. The Labute approximate surface area is 170 Å². The summed E-state index contributed by atoms with van der Waals surface area (Å²) >= 11 is 1.46. The van der Waals surface area contributed by atoms with Crippen molar-refractivity contribution in [3.05, 3.63) is 66.9 Å². The average Bonchev–Trinajstić information content (AvgIpc) is 3.34. The number of hydrogen-bond donors (Lipinski definition) is 0. The third kappa shape index (κ3) is 3.17. The van der Waals surface area contributed by atoms with Crippen molar-refractivity contribution < 1.29 is 4.42 Å². The molecule has 0 spiro atoms. The molecule has 0 saturated carbocycles. The highest BCUT2D eigenvalue weighted by molar-refractivity contribution is 7.99. The van der Waals surface area contributed by atoms with Crippen molar-refractivity contribution in [2.75, 3.05) is 0 Å². The Hall–Kier alpha value is -3.52. The standard InChI is InChI=1S/C21H16N6OS/c1-13-15(9-11-28-13)19-25-26-21(27(19)2)29-20-16-7-3-4-8-17(16)23-18(24-20)14-6-5-10-22-12-14/h3-12H,1-2H3. The molecule has 0 amide bonds. The Morgan fingerprint density at radius 3 is 2.69 bits per heavy atom. The molecule has 0 atom stereocenters. The van der Waals surface area contributed by atoms with Crippen molar-refractivity contribution in [1.29, 1.82) is 0 Å². The lowest BCUT2D eigenvalue weighted by Crippen LogP contribution is -1.97. The van der Waals surface area contributed by atoms with Crippen molar-refractivity contribution in [3.63, 3.8) is 0 Å². The number of aromatic nitrogens is 6. The van der Waals surface area contributed by atoms with E-state index in [4.69, 9.17) is 14.4 Å². The van der Waals surface area contributed by atoms with Crippen LogP contribution in [-0.4, -0.2) is 29.7 Å². The molecule has 5 rings (SSSR count). The van der Waals surface area contributed by atoms with Crippen LogP contribution in [-0.2, 0) is 7.05 Å². The van der Waals surface area contributed by atoms with Gasteiger partial charge in [-0.05, 0) is 43.0 Å². The molecule has 0 N–H and O–H groups in total. The Kier molecular flexibility index (Phi) is 4.33. The molecule has 0 aliphatic rings. The summed E-state index contributed by atoms with van der Waals surface area (Å²) in [5.74, 6) is 2.19. The maximum Gasteiger partial charge on any atom is 0.197 e. The van der Waals surface area contributed by atoms with E-state index in [1.54, 1.807) is 18.7 Å². The molecule has 0 fully saturated rings. The molecule has 1 aromatic carbocycles. The third-order valence-electron chi connectivity index (χ3n) is 4.61. The fourth-order valence-electron chi connectivity index (χ4n) is 3.09. The lowest BCUT2D eigenvalue weighted by molar-refractivity contribution is 0.534. The zero-order valence-electron chi connectivity index (χ0n) is 15.8. The zero-order chi connectivity index (χ0) is 19.8. The predicted octanol–water partition coefficient (Wildman–Crippen LogP) is 4.54. The maximum absolute atomic E-state index is 5.41.